The lowest BCUT2D eigenvalue weighted by molar-refractivity contribution is -0.122. The van der Waals surface area contributed by atoms with Gasteiger partial charge in [-0.2, -0.15) is 0 Å². The van der Waals surface area contributed by atoms with Gasteiger partial charge in [0.2, 0.25) is 0 Å². The van der Waals surface area contributed by atoms with Crippen LogP contribution in [0.4, 0.5) is 0 Å². The van der Waals surface area contributed by atoms with Crippen LogP contribution in [-0.2, 0) is 11.3 Å². The number of carbonyl (C=O) groups is 2. The maximum atomic E-state index is 12.2. The van der Waals surface area contributed by atoms with Crippen LogP contribution in [0.15, 0.2) is 53.3 Å². The number of nitrogens with zero attached hydrogens (tertiary/aromatic N) is 3. The van der Waals surface area contributed by atoms with Crippen molar-refractivity contribution in [2.75, 3.05) is 0 Å². The molecule has 8 heteroatoms. The fourth-order valence-corrected chi connectivity index (χ4v) is 2.21. The first-order valence-corrected chi connectivity index (χ1v) is 7.53. The summed E-state index contributed by atoms with van der Waals surface area (Å²) in [6.45, 7) is 1.55. The Hall–Kier alpha value is -3.55. The normalized spacial score (nSPS) is 10.4. The Morgan fingerprint density at radius 3 is 2.52 bits per heavy atom. The summed E-state index contributed by atoms with van der Waals surface area (Å²) in [4.78, 5) is 36.1. The number of hydrogen-bond acceptors (Lipinski definition) is 5. The molecule has 0 saturated heterocycles. The average Bonchev–Trinajstić information content (AvgIpc) is 2.63. The van der Waals surface area contributed by atoms with Gasteiger partial charge in [0.1, 0.15) is 12.1 Å². The van der Waals surface area contributed by atoms with Gasteiger partial charge in [-0.3, -0.25) is 25.2 Å². The molecule has 1 aromatic heterocycles. The van der Waals surface area contributed by atoms with Crippen molar-refractivity contribution in [1.29, 1.82) is 0 Å². The van der Waals surface area contributed by atoms with E-state index >= 15 is 0 Å². The van der Waals surface area contributed by atoms with E-state index in [0.717, 1.165) is 10.2 Å². The first kappa shape index (κ1) is 16.3. The second-order valence-corrected chi connectivity index (χ2v) is 5.44. The molecule has 0 aliphatic heterocycles. The highest BCUT2D eigenvalue weighted by Gasteiger charge is 2.11. The summed E-state index contributed by atoms with van der Waals surface area (Å²) in [6, 6.07) is 13.6. The zero-order chi connectivity index (χ0) is 17.8. The molecular formula is C17H15N5O3. The molecule has 0 fully saturated rings. The fraction of sp³-hybridized carbons (Fsp3) is 0.118. The van der Waals surface area contributed by atoms with Crippen molar-refractivity contribution in [2.24, 2.45) is 0 Å². The van der Waals surface area contributed by atoms with Gasteiger partial charge in [-0.1, -0.05) is 35.0 Å². The Bertz CT molecular complexity index is 995. The van der Waals surface area contributed by atoms with Gasteiger partial charge in [0.25, 0.3) is 17.4 Å². The minimum Gasteiger partial charge on any atom is -0.271 e. The first-order chi connectivity index (χ1) is 12.0. The second kappa shape index (κ2) is 6.91. The molecule has 1 heterocycles. The van der Waals surface area contributed by atoms with Gasteiger partial charge < -0.3 is 0 Å². The standard InChI is InChI=1S/C17H15N5O3/c1-11-6-8-12(9-7-11)16(24)20-19-15(23)10-22-17(25)13-4-2-3-5-14(13)18-21-22/h2-9H,10H2,1H3,(H,19,23)(H,20,24). The number of amides is 2. The summed E-state index contributed by atoms with van der Waals surface area (Å²) < 4.78 is 0.940. The topological polar surface area (TPSA) is 106 Å². The Morgan fingerprint density at radius 1 is 1.04 bits per heavy atom. The Morgan fingerprint density at radius 2 is 1.76 bits per heavy atom. The average molecular weight is 337 g/mol. The van der Waals surface area contributed by atoms with Gasteiger partial charge in [-0.25, -0.2) is 4.68 Å². The Balaban J connectivity index is 1.65. The molecule has 0 spiro atoms. The maximum absolute atomic E-state index is 12.2. The van der Waals surface area contributed by atoms with Crippen molar-refractivity contribution in [3.63, 3.8) is 0 Å². The SMILES string of the molecule is Cc1ccc(C(=O)NNC(=O)Cn2nnc3ccccc3c2=O)cc1. The van der Waals surface area contributed by atoms with Gasteiger partial charge in [0.05, 0.1) is 5.39 Å². The fourth-order valence-electron chi connectivity index (χ4n) is 2.21. The van der Waals surface area contributed by atoms with Crippen molar-refractivity contribution in [1.82, 2.24) is 25.8 Å². The molecule has 8 nitrogen and oxygen atoms in total. The van der Waals surface area contributed by atoms with E-state index in [4.69, 9.17) is 0 Å². The highest BCUT2D eigenvalue weighted by Crippen LogP contribution is 2.03. The summed E-state index contributed by atoms with van der Waals surface area (Å²) in [5, 5.41) is 7.98. The van der Waals surface area contributed by atoms with Crippen LogP contribution < -0.4 is 16.4 Å². The molecule has 25 heavy (non-hydrogen) atoms. The maximum Gasteiger partial charge on any atom is 0.278 e. The molecule has 0 unspecified atom stereocenters. The van der Waals surface area contributed by atoms with Gasteiger partial charge >= 0.3 is 0 Å². The number of hydrogen-bond donors (Lipinski definition) is 2. The minimum atomic E-state index is -0.591. The van der Waals surface area contributed by atoms with Gasteiger partial charge in [0.15, 0.2) is 0 Å². The number of rotatable bonds is 3. The van der Waals surface area contributed by atoms with Crippen LogP contribution in [0.2, 0.25) is 0 Å². The van der Waals surface area contributed by atoms with E-state index < -0.39 is 17.4 Å². The quantitative estimate of drug-likeness (QED) is 0.679. The molecule has 2 amide bonds. The molecule has 126 valence electrons. The van der Waals surface area contributed by atoms with E-state index in [2.05, 4.69) is 21.2 Å². The molecule has 0 saturated carbocycles. The highest BCUT2D eigenvalue weighted by atomic mass is 16.2. The third kappa shape index (κ3) is 3.69. The summed E-state index contributed by atoms with van der Waals surface area (Å²) >= 11 is 0. The summed E-state index contributed by atoms with van der Waals surface area (Å²) in [5.41, 5.74) is 6.01. The smallest absolute Gasteiger partial charge is 0.271 e. The molecule has 0 radical (unpaired) electrons. The van der Waals surface area contributed by atoms with Gasteiger partial charge in [-0.15, -0.1) is 5.10 Å². The molecule has 2 N–H and O–H groups in total. The van der Waals surface area contributed by atoms with Crippen LogP contribution in [0.25, 0.3) is 10.9 Å². The Kier molecular flexibility index (Phi) is 4.51. The number of aromatic nitrogens is 3. The summed E-state index contributed by atoms with van der Waals surface area (Å²) in [5.74, 6) is -1.04. The molecule has 2 aromatic carbocycles. The lowest BCUT2D eigenvalue weighted by atomic mass is 10.1. The van der Waals surface area contributed by atoms with E-state index in [1.54, 1.807) is 48.5 Å². The molecule has 0 atom stereocenters. The van der Waals surface area contributed by atoms with Crippen molar-refractivity contribution < 1.29 is 9.59 Å². The van der Waals surface area contributed by atoms with Crippen LogP contribution in [0.5, 0.6) is 0 Å². The third-order valence-corrected chi connectivity index (χ3v) is 3.55. The van der Waals surface area contributed by atoms with E-state index in [1.165, 1.54) is 0 Å². The van der Waals surface area contributed by atoms with Crippen molar-refractivity contribution in [2.45, 2.75) is 13.5 Å². The van der Waals surface area contributed by atoms with Crippen molar-refractivity contribution >= 4 is 22.7 Å². The van der Waals surface area contributed by atoms with Crippen LogP contribution in [-0.4, -0.2) is 26.8 Å². The predicted molar refractivity (Wildman–Crippen MR) is 90.6 cm³/mol. The van der Waals surface area contributed by atoms with Crippen LogP contribution >= 0.6 is 0 Å². The zero-order valence-electron chi connectivity index (χ0n) is 13.4. The molecular weight excluding hydrogens is 322 g/mol. The lowest BCUT2D eigenvalue weighted by Gasteiger charge is -2.08. The van der Waals surface area contributed by atoms with Crippen molar-refractivity contribution in [3.8, 4) is 0 Å². The minimum absolute atomic E-state index is 0.356. The van der Waals surface area contributed by atoms with Crippen molar-refractivity contribution in [3.05, 3.63) is 70.0 Å². The lowest BCUT2D eigenvalue weighted by Crippen LogP contribution is -2.44. The number of carbonyl (C=O) groups excluding carboxylic acids is 2. The second-order valence-electron chi connectivity index (χ2n) is 5.44. The molecule has 0 aliphatic carbocycles. The molecule has 0 aliphatic rings. The van der Waals surface area contributed by atoms with Crippen LogP contribution in [0.3, 0.4) is 0 Å². The number of nitrogens with one attached hydrogen (secondary N) is 2. The number of hydrazine groups is 1. The van der Waals surface area contributed by atoms with E-state index in [1.807, 2.05) is 6.92 Å². The first-order valence-electron chi connectivity index (χ1n) is 7.53. The van der Waals surface area contributed by atoms with Crippen LogP contribution in [0, 0.1) is 6.92 Å². The third-order valence-electron chi connectivity index (χ3n) is 3.55. The van der Waals surface area contributed by atoms with Crippen LogP contribution in [0.1, 0.15) is 15.9 Å². The molecule has 0 bridgehead atoms. The van der Waals surface area contributed by atoms with Gasteiger partial charge in [0, 0.05) is 5.56 Å². The van der Waals surface area contributed by atoms with E-state index in [-0.39, 0.29) is 6.54 Å². The zero-order valence-corrected chi connectivity index (χ0v) is 13.4. The molecule has 3 rings (SSSR count). The largest absolute Gasteiger partial charge is 0.278 e. The number of aryl methyl sites for hydroxylation is 1. The molecule has 3 aromatic rings. The number of fused-ring (bicyclic) bond motifs is 1. The predicted octanol–water partition coefficient (Wildman–Crippen LogP) is 0.561. The van der Waals surface area contributed by atoms with E-state index in [0.29, 0.717) is 16.5 Å². The monoisotopic (exact) mass is 337 g/mol. The van der Waals surface area contributed by atoms with Gasteiger partial charge in [-0.05, 0) is 31.2 Å². The summed E-state index contributed by atoms with van der Waals surface area (Å²) in [7, 11) is 0. The summed E-state index contributed by atoms with van der Waals surface area (Å²) in [6.07, 6.45) is 0. The number of benzene rings is 2. The Labute approximate surface area is 142 Å². The highest BCUT2D eigenvalue weighted by molar-refractivity contribution is 5.95. The van der Waals surface area contributed by atoms with E-state index in [9.17, 15) is 14.4 Å².